The van der Waals surface area contributed by atoms with Gasteiger partial charge in [0.05, 0.1) is 12.0 Å². The van der Waals surface area contributed by atoms with Crippen molar-refractivity contribution in [2.75, 3.05) is 11.1 Å². The molecule has 5 N–H and O–H groups in total. The summed E-state index contributed by atoms with van der Waals surface area (Å²) >= 11 is 0. The highest BCUT2D eigenvalue weighted by Gasteiger charge is 2.19. The second-order valence-corrected chi connectivity index (χ2v) is 6.45. The molecule has 6 heteroatoms. The molecule has 0 bridgehead atoms. The number of aromatic nitrogens is 1. The first kappa shape index (κ1) is 17.5. The Kier molecular flexibility index (Phi) is 4.60. The fraction of sp³-hybridized carbons (Fsp3) is 0.0455. The van der Waals surface area contributed by atoms with Crippen molar-refractivity contribution in [3.05, 3.63) is 89.9 Å². The molecule has 2 aromatic heterocycles. The largest absolute Gasteiger partial charge is 0.450 e. The van der Waals surface area contributed by atoms with Gasteiger partial charge in [0.1, 0.15) is 5.58 Å². The van der Waals surface area contributed by atoms with E-state index in [-0.39, 0.29) is 12.3 Å². The molecule has 2 aromatic carbocycles. The third-order valence-corrected chi connectivity index (χ3v) is 4.41. The predicted molar refractivity (Wildman–Crippen MR) is 109 cm³/mol. The Bertz CT molecular complexity index is 1130. The number of nitrogen functional groups attached to an aromatic ring is 1. The predicted octanol–water partition coefficient (Wildman–Crippen LogP) is 2.19. The SMILES string of the molecule is Nc1ccc(NC(=O)Cc2cccnc2)cc1C(=[NH2+])c1cc2ccccc2o1. The number of pyridine rings is 1. The van der Waals surface area contributed by atoms with Gasteiger partial charge >= 0.3 is 0 Å². The molecule has 0 saturated carbocycles. The molecule has 4 aromatic rings. The molecule has 0 fully saturated rings. The minimum Gasteiger partial charge on any atom is -0.450 e. The van der Waals surface area contributed by atoms with Gasteiger partial charge in [0.15, 0.2) is 5.76 Å². The molecule has 138 valence electrons. The maximum absolute atomic E-state index is 12.3. The van der Waals surface area contributed by atoms with Crippen molar-refractivity contribution in [1.29, 1.82) is 0 Å². The summed E-state index contributed by atoms with van der Waals surface area (Å²) in [5.74, 6) is 0.387. The van der Waals surface area contributed by atoms with Crippen LogP contribution in [0.5, 0.6) is 0 Å². The highest BCUT2D eigenvalue weighted by molar-refractivity contribution is 6.12. The van der Waals surface area contributed by atoms with Gasteiger partial charge in [-0.3, -0.25) is 15.2 Å². The second kappa shape index (κ2) is 7.36. The number of hydrogen-bond acceptors (Lipinski definition) is 4. The summed E-state index contributed by atoms with van der Waals surface area (Å²) in [7, 11) is 0. The van der Waals surface area contributed by atoms with Crippen LogP contribution in [0.1, 0.15) is 16.9 Å². The highest BCUT2D eigenvalue weighted by Crippen LogP contribution is 2.24. The van der Waals surface area contributed by atoms with Crippen molar-refractivity contribution in [3.8, 4) is 0 Å². The number of rotatable bonds is 5. The van der Waals surface area contributed by atoms with E-state index in [2.05, 4.69) is 10.3 Å². The van der Waals surface area contributed by atoms with Gasteiger partial charge in [-0.15, -0.1) is 0 Å². The molecular formula is C22H19N4O2+. The van der Waals surface area contributed by atoms with Gasteiger partial charge in [-0.25, -0.2) is 0 Å². The van der Waals surface area contributed by atoms with Gasteiger partial charge in [-0.1, -0.05) is 24.3 Å². The van der Waals surface area contributed by atoms with E-state index in [1.165, 1.54) is 0 Å². The van der Waals surface area contributed by atoms with Crippen molar-refractivity contribution >= 4 is 34.0 Å². The summed E-state index contributed by atoms with van der Waals surface area (Å²) < 4.78 is 5.83. The third kappa shape index (κ3) is 3.61. The Labute approximate surface area is 161 Å². The molecule has 0 atom stereocenters. The number of carbonyl (C=O) groups is 1. The molecule has 0 radical (unpaired) electrons. The summed E-state index contributed by atoms with van der Waals surface area (Å²) in [4.78, 5) is 16.3. The Balaban J connectivity index is 1.56. The van der Waals surface area contributed by atoms with E-state index in [9.17, 15) is 4.79 Å². The average molecular weight is 371 g/mol. The lowest BCUT2D eigenvalue weighted by atomic mass is 10.0. The summed E-state index contributed by atoms with van der Waals surface area (Å²) in [5.41, 5.74) is 9.83. The van der Waals surface area contributed by atoms with E-state index in [1.54, 1.807) is 36.7 Å². The summed E-state index contributed by atoms with van der Waals surface area (Å²) in [5, 5.41) is 10.2. The summed E-state index contributed by atoms with van der Waals surface area (Å²) in [6.07, 6.45) is 3.57. The average Bonchev–Trinajstić information content (AvgIpc) is 3.14. The Hall–Kier alpha value is -3.93. The number of para-hydroxylation sites is 1. The first-order valence-corrected chi connectivity index (χ1v) is 8.80. The molecule has 0 spiro atoms. The molecule has 6 nitrogen and oxygen atoms in total. The minimum atomic E-state index is -0.147. The van der Waals surface area contributed by atoms with Crippen LogP contribution in [0.4, 0.5) is 11.4 Å². The smallest absolute Gasteiger partial charge is 0.249 e. The minimum absolute atomic E-state index is 0.147. The van der Waals surface area contributed by atoms with Gasteiger partial charge in [-0.05, 0) is 42.0 Å². The molecule has 0 saturated heterocycles. The van der Waals surface area contributed by atoms with Crippen LogP contribution >= 0.6 is 0 Å². The number of amides is 1. The van der Waals surface area contributed by atoms with Crippen LogP contribution in [0.3, 0.4) is 0 Å². The van der Waals surface area contributed by atoms with Crippen LogP contribution in [0.25, 0.3) is 11.0 Å². The van der Waals surface area contributed by atoms with Crippen LogP contribution in [-0.2, 0) is 11.2 Å². The molecule has 0 aliphatic carbocycles. The van der Waals surface area contributed by atoms with E-state index in [1.807, 2.05) is 36.4 Å². The lowest BCUT2D eigenvalue weighted by Crippen LogP contribution is -2.41. The number of anilines is 2. The molecular weight excluding hydrogens is 352 g/mol. The first-order valence-electron chi connectivity index (χ1n) is 8.80. The Morgan fingerprint density at radius 2 is 1.96 bits per heavy atom. The van der Waals surface area contributed by atoms with E-state index in [0.29, 0.717) is 28.4 Å². The van der Waals surface area contributed by atoms with Crippen molar-refractivity contribution < 1.29 is 14.6 Å². The Morgan fingerprint density at radius 1 is 1.11 bits per heavy atom. The number of nitrogens with zero attached hydrogens (tertiary/aromatic N) is 1. The normalized spacial score (nSPS) is 10.7. The number of carbonyl (C=O) groups excluding carboxylic acids is 1. The summed E-state index contributed by atoms with van der Waals surface area (Å²) in [6.45, 7) is 0. The van der Waals surface area contributed by atoms with Crippen LogP contribution in [0.15, 0.2) is 77.5 Å². The van der Waals surface area contributed by atoms with Crippen LogP contribution in [-0.4, -0.2) is 16.6 Å². The maximum Gasteiger partial charge on any atom is 0.249 e. The topological polar surface area (TPSA) is 107 Å². The lowest BCUT2D eigenvalue weighted by Gasteiger charge is -2.08. The molecule has 4 rings (SSSR count). The number of nitrogens with two attached hydrogens (primary N) is 2. The number of nitrogens with one attached hydrogen (secondary N) is 1. The second-order valence-electron chi connectivity index (χ2n) is 6.45. The van der Waals surface area contributed by atoms with Gasteiger partial charge < -0.3 is 15.5 Å². The fourth-order valence-electron chi connectivity index (χ4n) is 3.01. The van der Waals surface area contributed by atoms with Crippen LogP contribution in [0.2, 0.25) is 0 Å². The van der Waals surface area contributed by atoms with Gasteiger partial charge in [0, 0.05) is 29.2 Å². The number of hydrogen-bond donors (Lipinski definition) is 3. The van der Waals surface area contributed by atoms with E-state index in [0.717, 1.165) is 16.5 Å². The van der Waals surface area contributed by atoms with Crippen molar-refractivity contribution in [2.45, 2.75) is 6.42 Å². The molecule has 2 heterocycles. The molecule has 1 amide bonds. The maximum atomic E-state index is 12.3. The van der Waals surface area contributed by atoms with Gasteiger partial charge in [-0.2, -0.15) is 0 Å². The molecule has 0 aliphatic rings. The number of furan rings is 1. The van der Waals surface area contributed by atoms with Crippen molar-refractivity contribution in [1.82, 2.24) is 4.98 Å². The standard InChI is InChI=1S/C22H18N4O2/c23-18-8-7-16(26-21(27)10-14-4-3-9-25-13-14)12-17(18)22(24)20-11-15-5-1-2-6-19(15)28-20/h1-9,11-13,24H,10,23H2,(H,26,27)/p+1. The monoisotopic (exact) mass is 371 g/mol. The zero-order valence-corrected chi connectivity index (χ0v) is 15.1. The first-order chi connectivity index (χ1) is 13.6. The molecule has 0 aliphatic heterocycles. The van der Waals surface area contributed by atoms with E-state index < -0.39 is 0 Å². The van der Waals surface area contributed by atoms with Gasteiger partial charge in [0.25, 0.3) is 0 Å². The van der Waals surface area contributed by atoms with Crippen LogP contribution < -0.4 is 16.5 Å². The van der Waals surface area contributed by atoms with Crippen LogP contribution in [0, 0.1) is 0 Å². The fourth-order valence-corrected chi connectivity index (χ4v) is 3.01. The highest BCUT2D eigenvalue weighted by atomic mass is 16.3. The van der Waals surface area contributed by atoms with E-state index >= 15 is 0 Å². The number of fused-ring (bicyclic) bond motifs is 1. The zero-order valence-electron chi connectivity index (χ0n) is 15.1. The van der Waals surface area contributed by atoms with Crippen molar-refractivity contribution in [3.63, 3.8) is 0 Å². The van der Waals surface area contributed by atoms with E-state index in [4.69, 9.17) is 15.6 Å². The lowest BCUT2D eigenvalue weighted by molar-refractivity contribution is -0.115. The third-order valence-electron chi connectivity index (χ3n) is 4.41. The Morgan fingerprint density at radius 3 is 2.75 bits per heavy atom. The quantitative estimate of drug-likeness (QED) is 0.369. The molecule has 0 unspecified atom stereocenters. The summed E-state index contributed by atoms with van der Waals surface area (Å²) in [6, 6.07) is 18.4. The van der Waals surface area contributed by atoms with Crippen molar-refractivity contribution in [2.24, 2.45) is 0 Å². The zero-order chi connectivity index (χ0) is 19.5. The number of benzene rings is 2. The molecule has 28 heavy (non-hydrogen) atoms. The van der Waals surface area contributed by atoms with Gasteiger partial charge in [0.2, 0.25) is 11.6 Å².